The van der Waals surface area contributed by atoms with Gasteiger partial charge in [-0.25, -0.2) is 4.39 Å². The van der Waals surface area contributed by atoms with Crippen LogP contribution >= 0.6 is 0 Å². The molecule has 2 atom stereocenters. The van der Waals surface area contributed by atoms with Crippen LogP contribution in [0.2, 0.25) is 0 Å². The summed E-state index contributed by atoms with van der Waals surface area (Å²) in [7, 11) is 1.68. The number of piperidine rings is 1. The van der Waals surface area contributed by atoms with Gasteiger partial charge in [0, 0.05) is 37.4 Å². The van der Waals surface area contributed by atoms with Gasteiger partial charge >= 0.3 is 6.18 Å². The highest BCUT2D eigenvalue weighted by molar-refractivity contribution is 7.89. The highest BCUT2D eigenvalue weighted by atomic mass is 32.2. The van der Waals surface area contributed by atoms with Crippen LogP contribution in [0.3, 0.4) is 0 Å². The first kappa shape index (κ1) is 27.7. The van der Waals surface area contributed by atoms with E-state index in [-0.39, 0.29) is 25.1 Å². The lowest BCUT2D eigenvalue weighted by Gasteiger charge is -2.44. The Morgan fingerprint density at radius 1 is 1.25 bits per heavy atom. The molecule has 1 fully saturated rings. The summed E-state index contributed by atoms with van der Waals surface area (Å²) in [6, 6.07) is 7.14. The Bertz CT molecular complexity index is 1520. The summed E-state index contributed by atoms with van der Waals surface area (Å²) < 4.78 is 70.4. The fraction of sp³-hybridized carbons (Fsp3) is 0.259. The summed E-state index contributed by atoms with van der Waals surface area (Å²) >= 11 is -1.69. The molecule has 1 aliphatic heterocycles. The predicted molar refractivity (Wildman–Crippen MR) is 140 cm³/mol. The Labute approximate surface area is 230 Å². The number of ketones is 1. The Balaban J connectivity index is 1.56. The third-order valence-corrected chi connectivity index (χ3v) is 8.41. The van der Waals surface area contributed by atoms with E-state index < -0.39 is 40.1 Å². The number of hydrogen-bond acceptors (Lipinski definition) is 7. The summed E-state index contributed by atoms with van der Waals surface area (Å²) in [5, 5.41) is 15.3. The van der Waals surface area contributed by atoms with Gasteiger partial charge in [-0.05, 0) is 60.9 Å². The van der Waals surface area contributed by atoms with Crippen molar-refractivity contribution >= 4 is 29.0 Å². The van der Waals surface area contributed by atoms with Crippen LogP contribution in [0, 0.1) is 16.6 Å². The van der Waals surface area contributed by atoms with Gasteiger partial charge in [-0.2, -0.15) is 18.3 Å². The van der Waals surface area contributed by atoms with Crippen LogP contribution in [0.15, 0.2) is 82.8 Å². The number of halogens is 4. The topological polar surface area (TPSA) is 110 Å². The summed E-state index contributed by atoms with van der Waals surface area (Å²) in [5.74, 6) is -1.07. The van der Waals surface area contributed by atoms with Gasteiger partial charge in [-0.1, -0.05) is 5.57 Å². The van der Waals surface area contributed by atoms with Gasteiger partial charge in [0.1, 0.15) is 17.7 Å². The Hall–Kier alpha value is -3.81. The summed E-state index contributed by atoms with van der Waals surface area (Å²) in [6.45, 7) is 0.237. The number of benzene rings is 1. The molecule has 0 radical (unpaired) electrons. The second-order valence-corrected chi connectivity index (χ2v) is 11.1. The molecule has 1 saturated heterocycles. The average molecular weight is 573 g/mol. The van der Waals surface area contributed by atoms with Crippen molar-refractivity contribution in [2.45, 2.75) is 23.9 Å². The number of hydrogen-bond donors (Lipinski definition) is 2. The van der Waals surface area contributed by atoms with Gasteiger partial charge < -0.3 is 15.3 Å². The minimum Gasteiger partial charge on any atom is -0.593 e. The zero-order chi connectivity index (χ0) is 28.7. The average Bonchev–Trinajstić information content (AvgIpc) is 3.38. The number of fused-ring (bicyclic) bond motifs is 1. The van der Waals surface area contributed by atoms with Gasteiger partial charge in [-0.3, -0.25) is 14.5 Å². The fourth-order valence-electron chi connectivity index (χ4n) is 5.02. The zero-order valence-corrected chi connectivity index (χ0v) is 22.0. The summed E-state index contributed by atoms with van der Waals surface area (Å²) in [5.41, 5.74) is -0.701. The van der Waals surface area contributed by atoms with Crippen LogP contribution in [0.25, 0.3) is 0 Å². The minimum atomic E-state index is -4.67. The van der Waals surface area contributed by atoms with Gasteiger partial charge in [0.25, 0.3) is 0 Å². The molecule has 0 saturated carbocycles. The maximum Gasteiger partial charge on any atom is 0.416 e. The number of nitrogens with zero attached hydrogens (tertiary/aromatic N) is 4. The number of alkyl halides is 3. The number of allylic oxidation sites excluding steroid dienone is 2. The van der Waals surface area contributed by atoms with Crippen LogP contribution in [0.4, 0.5) is 23.2 Å². The number of aromatic nitrogens is 3. The molecular formula is C27H24F4N6O2S. The zero-order valence-electron chi connectivity index (χ0n) is 21.2. The third kappa shape index (κ3) is 5.31. The highest BCUT2D eigenvalue weighted by Crippen LogP contribution is 2.48. The molecule has 5 rings (SSSR count). The molecule has 3 heterocycles. The van der Waals surface area contributed by atoms with Crippen LogP contribution < -0.4 is 5.32 Å². The molecule has 8 nitrogen and oxygen atoms in total. The third-order valence-electron chi connectivity index (χ3n) is 7.02. The molecule has 1 aromatic carbocycles. The smallest absolute Gasteiger partial charge is 0.416 e. The minimum absolute atomic E-state index is 0.0383. The van der Waals surface area contributed by atoms with E-state index in [0.717, 1.165) is 24.5 Å². The number of aryl methyl sites for hydroxylation is 1. The lowest BCUT2D eigenvalue weighted by molar-refractivity contribution is -0.137. The fourth-order valence-corrected chi connectivity index (χ4v) is 6.29. The number of carbonyl (C=O) groups is 1. The standard InChI is InChI=1S/C27H24F4N6O2S/c1-36-15-22(14-34-36)40(39)37-9-7-18-10-23(35-21-4-2-20(28)3-5-21)17(13-32)12-26(18,16-37)25(38)24-11-19(6-8-33-24)27(29,30)31/h2-6,8,10-11,13-15,32,35H,7,9,12,16H2,1H3. The molecule has 40 heavy (non-hydrogen) atoms. The van der Waals surface area contributed by atoms with E-state index in [4.69, 9.17) is 5.41 Å². The first-order chi connectivity index (χ1) is 19.0. The van der Waals surface area contributed by atoms with Gasteiger partial charge in [0.2, 0.25) is 4.90 Å². The molecule has 0 amide bonds. The van der Waals surface area contributed by atoms with Gasteiger partial charge in [-0.15, -0.1) is 4.31 Å². The number of nitrogens with one attached hydrogen (secondary N) is 2. The number of pyridine rings is 1. The van der Waals surface area contributed by atoms with Gasteiger partial charge in [0.15, 0.2) is 5.78 Å². The van der Waals surface area contributed by atoms with Crippen molar-refractivity contribution in [1.82, 2.24) is 19.1 Å². The number of carbonyl (C=O) groups excluding carboxylic acids is 1. The first-order valence-electron chi connectivity index (χ1n) is 12.2. The quantitative estimate of drug-likeness (QED) is 0.180. The summed E-state index contributed by atoms with van der Waals surface area (Å²) in [4.78, 5) is 18.5. The van der Waals surface area contributed by atoms with Crippen molar-refractivity contribution in [3.05, 3.63) is 95.0 Å². The van der Waals surface area contributed by atoms with E-state index in [9.17, 15) is 26.9 Å². The van der Waals surface area contributed by atoms with E-state index in [1.54, 1.807) is 23.6 Å². The molecule has 13 heteroatoms. The van der Waals surface area contributed by atoms with E-state index in [1.807, 2.05) is 0 Å². The van der Waals surface area contributed by atoms with E-state index in [1.165, 1.54) is 35.1 Å². The largest absolute Gasteiger partial charge is 0.593 e. The van der Waals surface area contributed by atoms with E-state index in [0.29, 0.717) is 34.0 Å². The molecular weight excluding hydrogens is 548 g/mol. The normalized spacial score (nSPS) is 20.5. The Kier molecular flexibility index (Phi) is 7.38. The molecule has 2 aromatic heterocycles. The number of rotatable bonds is 7. The molecule has 2 aliphatic rings. The first-order valence-corrected chi connectivity index (χ1v) is 13.3. The SMILES string of the molecule is Cn1cc([S+]([O-])N2CCC3=CC(Nc4ccc(F)cc4)=C(C=N)CC3(C(=O)c3cc(C(F)(F)F)ccn3)C2)cn1. The summed E-state index contributed by atoms with van der Waals surface area (Å²) in [6.07, 6.45) is 2.36. The van der Waals surface area contributed by atoms with Crippen molar-refractivity contribution in [1.29, 1.82) is 5.41 Å². The van der Waals surface area contributed by atoms with Crippen molar-refractivity contribution < 1.29 is 26.9 Å². The molecule has 1 aliphatic carbocycles. The molecule has 0 spiro atoms. The van der Waals surface area contributed by atoms with Crippen LogP contribution in [-0.2, 0) is 24.6 Å². The Morgan fingerprint density at radius 3 is 2.65 bits per heavy atom. The maximum atomic E-state index is 14.1. The lowest BCUT2D eigenvalue weighted by atomic mass is 9.65. The maximum absolute atomic E-state index is 14.1. The van der Waals surface area contributed by atoms with Crippen molar-refractivity contribution in [2.24, 2.45) is 12.5 Å². The van der Waals surface area contributed by atoms with Crippen molar-refractivity contribution in [3.63, 3.8) is 0 Å². The number of anilines is 1. The van der Waals surface area contributed by atoms with Crippen LogP contribution in [0.5, 0.6) is 0 Å². The van der Waals surface area contributed by atoms with E-state index in [2.05, 4.69) is 15.4 Å². The molecule has 2 unspecified atom stereocenters. The predicted octanol–water partition coefficient (Wildman–Crippen LogP) is 4.92. The van der Waals surface area contributed by atoms with Crippen molar-refractivity contribution in [3.8, 4) is 0 Å². The van der Waals surface area contributed by atoms with Crippen LogP contribution in [-0.4, -0.2) is 48.7 Å². The Morgan fingerprint density at radius 2 is 2.00 bits per heavy atom. The second kappa shape index (κ2) is 10.6. The highest BCUT2D eigenvalue weighted by Gasteiger charge is 2.52. The van der Waals surface area contributed by atoms with Gasteiger partial charge in [0.05, 0.1) is 35.1 Å². The molecule has 208 valence electrons. The number of Topliss-reactive ketones (excluding diaryl/α,β-unsaturated/α-hetero) is 1. The molecule has 2 N–H and O–H groups in total. The van der Waals surface area contributed by atoms with Crippen LogP contribution in [0.1, 0.15) is 28.9 Å². The van der Waals surface area contributed by atoms with E-state index >= 15 is 0 Å². The van der Waals surface area contributed by atoms with Crippen molar-refractivity contribution in [2.75, 3.05) is 18.4 Å². The monoisotopic (exact) mass is 572 g/mol. The molecule has 3 aromatic rings. The second-order valence-electron chi connectivity index (χ2n) is 9.61. The molecule has 0 bridgehead atoms. The lowest BCUT2D eigenvalue weighted by Crippen LogP contribution is -2.52.